The number of carbonyl (C=O) groups is 2. The summed E-state index contributed by atoms with van der Waals surface area (Å²) in [7, 11) is 0. The molecule has 1 aliphatic heterocycles. The van der Waals surface area contributed by atoms with Crippen molar-refractivity contribution < 1.29 is 24.5 Å². The lowest BCUT2D eigenvalue weighted by molar-refractivity contribution is -0.154. The Balaban J connectivity index is 2.27. The van der Waals surface area contributed by atoms with Crippen LogP contribution in [-0.2, 0) is 14.3 Å². The Kier molecular flexibility index (Phi) is 10.0. The van der Waals surface area contributed by atoms with Crippen LogP contribution in [0.15, 0.2) is 23.1 Å². The fourth-order valence-corrected chi connectivity index (χ4v) is 4.75. The Bertz CT molecular complexity index is 872. The van der Waals surface area contributed by atoms with Crippen LogP contribution < -0.4 is 0 Å². The van der Waals surface area contributed by atoms with E-state index >= 15 is 0 Å². The third-order valence-electron chi connectivity index (χ3n) is 6.68. The summed E-state index contributed by atoms with van der Waals surface area (Å²) in [6, 6.07) is 0. The Hall–Kier alpha value is -1.83. The number of allylic oxidation sites excluding steroid dienone is 1. The lowest BCUT2D eigenvalue weighted by Gasteiger charge is -2.34. The molecule has 5 atom stereocenters. The van der Waals surface area contributed by atoms with Gasteiger partial charge in [0, 0.05) is 17.7 Å². The van der Waals surface area contributed by atoms with Crippen LogP contribution in [0.25, 0.3) is 6.08 Å². The first-order valence-corrected chi connectivity index (χ1v) is 12.7. The predicted octanol–water partition coefficient (Wildman–Crippen LogP) is 4.88. The summed E-state index contributed by atoms with van der Waals surface area (Å²) in [5, 5.41) is 24.4. The zero-order valence-electron chi connectivity index (χ0n) is 20.7. The number of rotatable bonds is 2. The van der Waals surface area contributed by atoms with Crippen molar-refractivity contribution in [2.75, 3.05) is 0 Å². The van der Waals surface area contributed by atoms with Crippen LogP contribution in [0, 0.1) is 24.2 Å². The van der Waals surface area contributed by atoms with Gasteiger partial charge in [-0.2, -0.15) is 0 Å². The normalized spacial score (nSPS) is 30.8. The van der Waals surface area contributed by atoms with Crippen molar-refractivity contribution in [1.29, 1.82) is 0 Å². The fraction of sp³-hybridized carbons (Fsp3) is 0.654. The summed E-state index contributed by atoms with van der Waals surface area (Å²) in [5.41, 5.74) is 0.513. The van der Waals surface area contributed by atoms with Gasteiger partial charge < -0.3 is 14.9 Å². The number of aromatic nitrogens is 1. The molecular weight excluding hydrogens is 438 g/mol. The SMILES string of the molecule is C/C(=C/c1csc(C)n1)[C@@H]1CC=CCCC[C@H](C)[C@H](O)[C@@H](C)C(=O)C(C)(C)[C@@H](O)CC(=O)O1. The first-order valence-electron chi connectivity index (χ1n) is 11.8. The lowest BCUT2D eigenvalue weighted by Crippen LogP contribution is -2.45. The molecule has 1 aliphatic rings. The molecule has 0 bridgehead atoms. The van der Waals surface area contributed by atoms with Crippen LogP contribution in [-0.4, -0.2) is 45.3 Å². The molecule has 0 fully saturated rings. The molecule has 0 amide bonds. The van der Waals surface area contributed by atoms with Gasteiger partial charge >= 0.3 is 5.97 Å². The van der Waals surface area contributed by atoms with Gasteiger partial charge in [-0.3, -0.25) is 9.59 Å². The highest BCUT2D eigenvalue weighted by atomic mass is 32.1. The number of hydrogen-bond donors (Lipinski definition) is 2. The second kappa shape index (κ2) is 12.0. The molecule has 7 heteroatoms. The Morgan fingerprint density at radius 1 is 1.24 bits per heavy atom. The molecule has 1 aromatic rings. The molecule has 0 spiro atoms. The molecule has 0 radical (unpaired) electrons. The number of hydrogen-bond acceptors (Lipinski definition) is 7. The minimum atomic E-state index is -1.21. The van der Waals surface area contributed by atoms with E-state index in [4.69, 9.17) is 4.74 Å². The molecule has 184 valence electrons. The van der Waals surface area contributed by atoms with E-state index in [2.05, 4.69) is 11.1 Å². The number of aryl methyl sites for hydroxylation is 1. The highest BCUT2D eigenvalue weighted by Crippen LogP contribution is 2.32. The van der Waals surface area contributed by atoms with E-state index in [0.717, 1.165) is 35.5 Å². The third-order valence-corrected chi connectivity index (χ3v) is 7.47. The van der Waals surface area contributed by atoms with Gasteiger partial charge in [-0.15, -0.1) is 11.3 Å². The van der Waals surface area contributed by atoms with Crippen LogP contribution in [0.1, 0.15) is 77.4 Å². The van der Waals surface area contributed by atoms with E-state index in [1.165, 1.54) is 0 Å². The van der Waals surface area contributed by atoms with Crippen molar-refractivity contribution >= 4 is 29.2 Å². The molecule has 2 N–H and O–H groups in total. The quantitative estimate of drug-likeness (QED) is 0.466. The maximum Gasteiger partial charge on any atom is 0.309 e. The molecule has 0 saturated carbocycles. The molecule has 6 nitrogen and oxygen atoms in total. The van der Waals surface area contributed by atoms with Gasteiger partial charge in [-0.1, -0.05) is 39.8 Å². The molecule has 0 aliphatic carbocycles. The number of Topliss-reactive ketones (excluding diaryl/α,β-unsaturated/α-hetero) is 1. The fourth-order valence-electron chi connectivity index (χ4n) is 4.18. The number of aliphatic hydroxyl groups excluding tert-OH is 2. The number of aliphatic hydroxyl groups is 2. The molecule has 33 heavy (non-hydrogen) atoms. The summed E-state index contributed by atoms with van der Waals surface area (Å²) in [4.78, 5) is 30.3. The highest BCUT2D eigenvalue weighted by molar-refractivity contribution is 7.09. The second-order valence-corrected chi connectivity index (χ2v) is 10.9. The van der Waals surface area contributed by atoms with Gasteiger partial charge in [0.05, 0.1) is 34.7 Å². The average Bonchev–Trinajstić information content (AvgIpc) is 3.16. The summed E-state index contributed by atoms with van der Waals surface area (Å²) in [5.74, 6) is -1.48. The van der Waals surface area contributed by atoms with Gasteiger partial charge in [0.15, 0.2) is 0 Å². The van der Waals surface area contributed by atoms with Crippen molar-refractivity contribution in [1.82, 2.24) is 4.98 Å². The topological polar surface area (TPSA) is 96.7 Å². The first kappa shape index (κ1) is 27.4. The van der Waals surface area contributed by atoms with Crippen molar-refractivity contribution in [2.45, 2.75) is 92.0 Å². The lowest BCUT2D eigenvalue weighted by atomic mass is 9.73. The number of esters is 1. The summed E-state index contributed by atoms with van der Waals surface area (Å²) < 4.78 is 5.75. The van der Waals surface area contributed by atoms with Crippen LogP contribution in [0.3, 0.4) is 0 Å². The molecule has 0 aromatic carbocycles. The van der Waals surface area contributed by atoms with E-state index in [0.29, 0.717) is 6.42 Å². The largest absolute Gasteiger partial charge is 0.457 e. The maximum atomic E-state index is 13.1. The van der Waals surface area contributed by atoms with E-state index in [-0.39, 0.29) is 18.1 Å². The molecular formula is C26H39NO5S. The van der Waals surface area contributed by atoms with Gasteiger partial charge in [0.2, 0.25) is 0 Å². The minimum absolute atomic E-state index is 0.0392. The number of ketones is 1. The van der Waals surface area contributed by atoms with Gasteiger partial charge in [0.1, 0.15) is 11.9 Å². The van der Waals surface area contributed by atoms with E-state index in [1.54, 1.807) is 32.1 Å². The van der Waals surface area contributed by atoms with E-state index in [1.807, 2.05) is 38.3 Å². The molecule has 0 saturated heterocycles. The average molecular weight is 478 g/mol. The summed E-state index contributed by atoms with van der Waals surface area (Å²) in [6.07, 6.45) is 6.28. The Morgan fingerprint density at radius 2 is 1.94 bits per heavy atom. The monoisotopic (exact) mass is 477 g/mol. The zero-order chi connectivity index (χ0) is 24.8. The standard InChI is InChI=1S/C26H39NO5S/c1-16-11-9-7-8-10-12-21(17(2)13-20-15-33-19(4)27-20)32-23(29)14-22(28)26(5,6)25(31)18(3)24(16)30/h8,10,13,15-16,18,21-22,24,28,30H,7,9,11-12,14H2,1-6H3/b10-8?,17-13-/t16-,18+,21-,22-,24-/m0/s1. The number of cyclic esters (lactones) is 1. The molecule has 2 heterocycles. The van der Waals surface area contributed by atoms with Crippen molar-refractivity contribution in [2.24, 2.45) is 17.3 Å². The van der Waals surface area contributed by atoms with Crippen LogP contribution in [0.4, 0.5) is 0 Å². The zero-order valence-corrected chi connectivity index (χ0v) is 21.5. The summed E-state index contributed by atoms with van der Waals surface area (Å²) >= 11 is 1.56. The smallest absolute Gasteiger partial charge is 0.309 e. The van der Waals surface area contributed by atoms with Crippen molar-refractivity contribution in [3.8, 4) is 0 Å². The van der Waals surface area contributed by atoms with Crippen LogP contribution >= 0.6 is 11.3 Å². The van der Waals surface area contributed by atoms with Crippen molar-refractivity contribution in [3.63, 3.8) is 0 Å². The van der Waals surface area contributed by atoms with Crippen LogP contribution in [0.2, 0.25) is 0 Å². The second-order valence-electron chi connectivity index (χ2n) is 9.86. The van der Waals surface area contributed by atoms with Crippen molar-refractivity contribution in [3.05, 3.63) is 33.8 Å². The van der Waals surface area contributed by atoms with Crippen LogP contribution in [0.5, 0.6) is 0 Å². The van der Waals surface area contributed by atoms with Gasteiger partial charge in [-0.05, 0) is 50.7 Å². The van der Waals surface area contributed by atoms with Gasteiger partial charge in [-0.25, -0.2) is 4.98 Å². The number of carbonyl (C=O) groups excluding carboxylic acids is 2. The first-order chi connectivity index (χ1) is 15.4. The Morgan fingerprint density at radius 3 is 2.58 bits per heavy atom. The van der Waals surface area contributed by atoms with E-state index in [9.17, 15) is 19.8 Å². The molecule has 2 rings (SSSR count). The molecule has 0 unspecified atom stereocenters. The van der Waals surface area contributed by atoms with Gasteiger partial charge in [0.25, 0.3) is 0 Å². The number of nitrogens with zero attached hydrogens (tertiary/aromatic N) is 1. The Labute approximate surface area is 201 Å². The predicted molar refractivity (Wildman–Crippen MR) is 132 cm³/mol. The summed E-state index contributed by atoms with van der Waals surface area (Å²) in [6.45, 7) is 10.8. The number of thiazole rings is 1. The minimum Gasteiger partial charge on any atom is -0.457 e. The maximum absolute atomic E-state index is 13.1. The highest BCUT2D eigenvalue weighted by Gasteiger charge is 2.42. The third kappa shape index (κ3) is 7.59. The number of ether oxygens (including phenoxy) is 1. The van der Waals surface area contributed by atoms with E-state index < -0.39 is 35.6 Å². The molecule has 1 aromatic heterocycles.